The highest BCUT2D eigenvalue weighted by molar-refractivity contribution is 7.11. The molecule has 2 N–H and O–H groups in total. The van der Waals surface area contributed by atoms with E-state index in [0.29, 0.717) is 18.5 Å². The second-order valence-electron chi connectivity index (χ2n) is 4.63. The van der Waals surface area contributed by atoms with Gasteiger partial charge >= 0.3 is 0 Å². The molecule has 0 spiro atoms. The molecule has 0 unspecified atom stereocenters. The Morgan fingerprint density at radius 2 is 2.06 bits per heavy atom. The van der Waals surface area contributed by atoms with Gasteiger partial charge in [-0.2, -0.15) is 4.37 Å². The van der Waals surface area contributed by atoms with Crippen LogP contribution >= 0.6 is 11.5 Å². The van der Waals surface area contributed by atoms with Crippen molar-refractivity contribution in [2.24, 2.45) is 0 Å². The minimum atomic E-state index is 0.431. The Hall–Kier alpha value is -0.970. The van der Waals surface area contributed by atoms with Crippen molar-refractivity contribution in [1.29, 1.82) is 0 Å². The van der Waals surface area contributed by atoms with Crippen molar-refractivity contribution in [3.8, 4) is 5.75 Å². The fourth-order valence-corrected chi connectivity index (χ4v) is 2.80. The van der Waals surface area contributed by atoms with E-state index in [0.717, 1.165) is 17.3 Å². The van der Waals surface area contributed by atoms with E-state index in [1.54, 1.807) is 0 Å². The molecule has 0 saturated heterocycles. The zero-order valence-electron chi connectivity index (χ0n) is 11.9. The third-order valence-electron chi connectivity index (χ3n) is 2.83. The average molecular weight is 271 g/mol. The van der Waals surface area contributed by atoms with Crippen molar-refractivity contribution >= 4 is 22.4 Å². The number of hydrogen-bond acceptors (Lipinski definition) is 5. The lowest BCUT2D eigenvalue weighted by Gasteiger charge is -2.27. The Kier molecular flexibility index (Phi) is 6.25. The molecule has 1 aromatic heterocycles. The first-order chi connectivity index (χ1) is 8.61. The molecule has 1 rings (SSSR count). The molecule has 1 aromatic rings. The van der Waals surface area contributed by atoms with Crippen molar-refractivity contribution in [2.75, 3.05) is 23.8 Å². The first kappa shape index (κ1) is 15.1. The van der Waals surface area contributed by atoms with Gasteiger partial charge in [-0.05, 0) is 38.7 Å². The third-order valence-corrected chi connectivity index (χ3v) is 3.71. The zero-order valence-corrected chi connectivity index (χ0v) is 12.7. The summed E-state index contributed by atoms with van der Waals surface area (Å²) in [6.45, 7) is 10.2. The minimum absolute atomic E-state index is 0.431. The Labute approximate surface area is 114 Å². The molecule has 0 aromatic carbocycles. The largest absolute Gasteiger partial charge is 0.487 e. The molecule has 0 aliphatic carbocycles. The van der Waals surface area contributed by atoms with Crippen LogP contribution in [0.1, 0.15) is 47.0 Å². The number of nitrogen functional groups attached to an aromatic ring is 1. The summed E-state index contributed by atoms with van der Waals surface area (Å²) in [6, 6.07) is 0.431. The van der Waals surface area contributed by atoms with Gasteiger partial charge in [0.15, 0.2) is 16.6 Å². The van der Waals surface area contributed by atoms with Crippen LogP contribution in [0.3, 0.4) is 0 Å². The number of ether oxygens (including phenoxy) is 1. The van der Waals surface area contributed by atoms with Gasteiger partial charge in [-0.15, -0.1) is 0 Å². The molecule has 5 heteroatoms. The molecule has 0 radical (unpaired) electrons. The first-order valence-electron chi connectivity index (χ1n) is 6.76. The van der Waals surface area contributed by atoms with Crippen molar-refractivity contribution in [3.63, 3.8) is 0 Å². The second-order valence-corrected chi connectivity index (χ2v) is 5.38. The van der Waals surface area contributed by atoms with Crippen LogP contribution in [-0.2, 0) is 0 Å². The fraction of sp³-hybridized carbons (Fsp3) is 0.769. The topological polar surface area (TPSA) is 51.4 Å². The maximum atomic E-state index is 5.87. The van der Waals surface area contributed by atoms with E-state index in [4.69, 9.17) is 10.5 Å². The lowest BCUT2D eigenvalue weighted by molar-refractivity contribution is 0.342. The van der Waals surface area contributed by atoms with Crippen LogP contribution in [0.5, 0.6) is 5.75 Å². The van der Waals surface area contributed by atoms with Crippen LogP contribution in [0.15, 0.2) is 0 Å². The second kappa shape index (κ2) is 7.46. The Morgan fingerprint density at radius 1 is 1.33 bits per heavy atom. The van der Waals surface area contributed by atoms with Crippen molar-refractivity contribution in [2.45, 2.75) is 53.0 Å². The van der Waals surface area contributed by atoms with E-state index in [2.05, 4.69) is 30.0 Å². The Morgan fingerprint density at radius 3 is 2.61 bits per heavy atom. The summed E-state index contributed by atoms with van der Waals surface area (Å²) < 4.78 is 9.85. The smallest absolute Gasteiger partial charge is 0.197 e. The number of hydrogen-bond donors (Lipinski definition) is 1. The average Bonchev–Trinajstić information content (AvgIpc) is 2.67. The van der Waals surface area contributed by atoms with E-state index in [1.807, 2.05) is 6.92 Å². The summed E-state index contributed by atoms with van der Waals surface area (Å²) >= 11 is 1.44. The number of anilines is 2. The SMILES string of the molecule is CCCCCN(c1snc(N)c1OCC)C(C)C. The summed E-state index contributed by atoms with van der Waals surface area (Å²) in [7, 11) is 0. The molecule has 4 nitrogen and oxygen atoms in total. The van der Waals surface area contributed by atoms with Gasteiger partial charge in [-0.1, -0.05) is 19.8 Å². The summed E-state index contributed by atoms with van der Waals surface area (Å²) in [5.74, 6) is 1.27. The molecule has 1 heterocycles. The van der Waals surface area contributed by atoms with E-state index in [-0.39, 0.29) is 0 Å². The normalized spacial score (nSPS) is 10.9. The fourth-order valence-electron chi connectivity index (χ4n) is 1.87. The summed E-state index contributed by atoms with van der Waals surface area (Å²) in [5, 5.41) is 1.07. The summed E-state index contributed by atoms with van der Waals surface area (Å²) in [4.78, 5) is 2.34. The van der Waals surface area contributed by atoms with Crippen LogP contribution in [0.2, 0.25) is 0 Å². The van der Waals surface area contributed by atoms with E-state index < -0.39 is 0 Å². The van der Waals surface area contributed by atoms with E-state index >= 15 is 0 Å². The van der Waals surface area contributed by atoms with Gasteiger partial charge in [0.1, 0.15) is 0 Å². The molecule has 0 atom stereocenters. The van der Waals surface area contributed by atoms with Gasteiger partial charge in [0.2, 0.25) is 0 Å². The highest BCUT2D eigenvalue weighted by Crippen LogP contribution is 2.39. The molecule has 0 fully saturated rings. The predicted octanol–water partition coefficient (Wildman–Crippen LogP) is 3.53. The number of unbranched alkanes of at least 4 members (excludes halogenated alkanes) is 2. The predicted molar refractivity (Wildman–Crippen MR) is 79.7 cm³/mol. The van der Waals surface area contributed by atoms with Crippen molar-refractivity contribution < 1.29 is 4.74 Å². The monoisotopic (exact) mass is 271 g/mol. The molecule has 104 valence electrons. The number of nitrogens with two attached hydrogens (primary N) is 1. The molecule has 18 heavy (non-hydrogen) atoms. The summed E-state index contributed by atoms with van der Waals surface area (Å²) in [5.41, 5.74) is 5.87. The molecular weight excluding hydrogens is 246 g/mol. The number of nitrogens with zero attached hydrogens (tertiary/aromatic N) is 2. The quantitative estimate of drug-likeness (QED) is 0.735. The van der Waals surface area contributed by atoms with Crippen LogP contribution < -0.4 is 15.4 Å². The lowest BCUT2D eigenvalue weighted by atomic mass is 10.2. The highest BCUT2D eigenvalue weighted by atomic mass is 32.1. The van der Waals surface area contributed by atoms with Crippen molar-refractivity contribution in [3.05, 3.63) is 0 Å². The van der Waals surface area contributed by atoms with Crippen LogP contribution in [-0.4, -0.2) is 23.6 Å². The Balaban J connectivity index is 2.84. The molecule has 0 bridgehead atoms. The standard InChI is InChI=1S/C13H25N3OS/c1-5-7-8-9-16(10(3)4)13-11(17-6-2)12(14)15-18-13/h10H,5-9H2,1-4H3,(H2,14,15). The Bertz CT molecular complexity index is 352. The van der Waals surface area contributed by atoms with Crippen molar-refractivity contribution in [1.82, 2.24) is 4.37 Å². The molecule has 0 saturated carbocycles. The summed E-state index contributed by atoms with van der Waals surface area (Å²) in [6.07, 6.45) is 3.68. The minimum Gasteiger partial charge on any atom is -0.487 e. The van der Waals surface area contributed by atoms with E-state index in [1.165, 1.54) is 30.8 Å². The van der Waals surface area contributed by atoms with Crippen LogP contribution in [0.4, 0.5) is 10.8 Å². The molecular formula is C13H25N3OS. The maximum Gasteiger partial charge on any atom is 0.197 e. The zero-order chi connectivity index (χ0) is 13.5. The number of rotatable bonds is 8. The lowest BCUT2D eigenvalue weighted by Crippen LogP contribution is -2.31. The van der Waals surface area contributed by atoms with Gasteiger partial charge in [0.05, 0.1) is 6.61 Å². The van der Waals surface area contributed by atoms with Gasteiger partial charge in [0.25, 0.3) is 0 Å². The van der Waals surface area contributed by atoms with Gasteiger partial charge in [-0.3, -0.25) is 0 Å². The maximum absolute atomic E-state index is 5.87. The van der Waals surface area contributed by atoms with Gasteiger partial charge in [-0.25, -0.2) is 0 Å². The van der Waals surface area contributed by atoms with E-state index in [9.17, 15) is 0 Å². The van der Waals surface area contributed by atoms with Gasteiger partial charge < -0.3 is 15.4 Å². The molecule has 0 aliphatic rings. The molecule has 0 aliphatic heterocycles. The van der Waals surface area contributed by atoms with Crippen LogP contribution in [0.25, 0.3) is 0 Å². The molecule has 0 amide bonds. The first-order valence-corrected chi connectivity index (χ1v) is 7.53. The van der Waals surface area contributed by atoms with Crippen LogP contribution in [0, 0.1) is 0 Å². The van der Waals surface area contributed by atoms with Gasteiger partial charge in [0, 0.05) is 12.6 Å². The number of aromatic nitrogens is 1. The third kappa shape index (κ3) is 3.77. The highest BCUT2D eigenvalue weighted by Gasteiger charge is 2.20.